The fourth-order valence-electron chi connectivity index (χ4n) is 0.881. The molecule has 1 N–H and O–H groups in total. The van der Waals surface area contributed by atoms with Crippen LogP contribution >= 0.6 is 15.9 Å². The van der Waals surface area contributed by atoms with Crippen LogP contribution in [0.2, 0.25) is 0 Å². The summed E-state index contributed by atoms with van der Waals surface area (Å²) in [6, 6.07) is 7.69. The van der Waals surface area contributed by atoms with Crippen molar-refractivity contribution in [3.8, 4) is 0 Å². The molecule has 0 atom stereocenters. The van der Waals surface area contributed by atoms with Gasteiger partial charge in [-0.05, 0) is 11.6 Å². The molecule has 0 aliphatic carbocycles. The van der Waals surface area contributed by atoms with Gasteiger partial charge in [-0.3, -0.25) is 0 Å². The van der Waals surface area contributed by atoms with Crippen LogP contribution in [0.3, 0.4) is 0 Å². The largest absolute Gasteiger partial charge is 0.453 e. The van der Waals surface area contributed by atoms with Gasteiger partial charge in [0.05, 0.1) is 7.11 Å². The summed E-state index contributed by atoms with van der Waals surface area (Å²) >= 11 is 3.38. The van der Waals surface area contributed by atoms with Gasteiger partial charge >= 0.3 is 6.09 Å². The number of benzene rings is 1. The van der Waals surface area contributed by atoms with Crippen LogP contribution in [0, 0.1) is 0 Å². The molecule has 0 fully saturated rings. The van der Waals surface area contributed by atoms with E-state index in [2.05, 4.69) is 26.0 Å². The Kier molecular flexibility index (Phi) is 3.76. The standard InChI is InChI=1S/C9H10BrNO2/c1-13-9(12)11-6-7-4-2-3-5-8(7)10/h2-5H,6H2,1H3,(H,11,12). The molecule has 0 aliphatic heterocycles. The van der Waals surface area contributed by atoms with E-state index in [1.54, 1.807) is 0 Å². The van der Waals surface area contributed by atoms with E-state index < -0.39 is 6.09 Å². The summed E-state index contributed by atoms with van der Waals surface area (Å²) in [7, 11) is 1.34. The predicted molar refractivity (Wildman–Crippen MR) is 53.4 cm³/mol. The van der Waals surface area contributed by atoms with Crippen LogP contribution in [-0.4, -0.2) is 13.2 Å². The topological polar surface area (TPSA) is 38.3 Å². The maximum Gasteiger partial charge on any atom is 0.407 e. The smallest absolute Gasteiger partial charge is 0.407 e. The molecule has 1 aromatic carbocycles. The van der Waals surface area contributed by atoms with Gasteiger partial charge in [-0.15, -0.1) is 0 Å². The third-order valence-corrected chi connectivity index (χ3v) is 2.34. The van der Waals surface area contributed by atoms with Gasteiger partial charge in [-0.2, -0.15) is 0 Å². The van der Waals surface area contributed by atoms with Gasteiger partial charge < -0.3 is 10.1 Å². The van der Waals surface area contributed by atoms with E-state index >= 15 is 0 Å². The Hall–Kier alpha value is -1.03. The highest BCUT2D eigenvalue weighted by Crippen LogP contribution is 2.15. The zero-order valence-electron chi connectivity index (χ0n) is 7.21. The number of rotatable bonds is 2. The third-order valence-electron chi connectivity index (χ3n) is 1.57. The highest BCUT2D eigenvalue weighted by atomic mass is 79.9. The Balaban J connectivity index is 2.54. The molecular weight excluding hydrogens is 234 g/mol. The molecule has 0 aliphatic rings. The van der Waals surface area contributed by atoms with Gasteiger partial charge in [0, 0.05) is 11.0 Å². The molecular formula is C9H10BrNO2. The van der Waals surface area contributed by atoms with Crippen molar-refractivity contribution in [2.45, 2.75) is 6.54 Å². The Bertz CT molecular complexity index is 301. The fraction of sp³-hybridized carbons (Fsp3) is 0.222. The van der Waals surface area contributed by atoms with Gasteiger partial charge in [0.25, 0.3) is 0 Å². The van der Waals surface area contributed by atoms with Gasteiger partial charge in [0.1, 0.15) is 0 Å². The van der Waals surface area contributed by atoms with Gasteiger partial charge in [0.2, 0.25) is 0 Å². The van der Waals surface area contributed by atoms with E-state index in [-0.39, 0.29) is 0 Å². The van der Waals surface area contributed by atoms with E-state index in [1.807, 2.05) is 24.3 Å². The van der Waals surface area contributed by atoms with Gasteiger partial charge in [0.15, 0.2) is 0 Å². The molecule has 0 radical (unpaired) electrons. The number of amides is 1. The average Bonchev–Trinajstić information content (AvgIpc) is 2.16. The van der Waals surface area contributed by atoms with Crippen LogP contribution in [0.5, 0.6) is 0 Å². The second-order valence-corrected chi connectivity index (χ2v) is 3.29. The molecule has 13 heavy (non-hydrogen) atoms. The predicted octanol–water partition coefficient (Wildman–Crippen LogP) is 2.31. The van der Waals surface area contributed by atoms with Crippen LogP contribution < -0.4 is 5.32 Å². The van der Waals surface area contributed by atoms with E-state index in [4.69, 9.17) is 0 Å². The monoisotopic (exact) mass is 243 g/mol. The lowest BCUT2D eigenvalue weighted by Gasteiger charge is -2.04. The Morgan fingerprint density at radius 2 is 2.23 bits per heavy atom. The Morgan fingerprint density at radius 3 is 2.85 bits per heavy atom. The summed E-state index contributed by atoms with van der Waals surface area (Å²) in [5.74, 6) is 0. The number of nitrogens with one attached hydrogen (secondary N) is 1. The quantitative estimate of drug-likeness (QED) is 0.866. The summed E-state index contributed by atoms with van der Waals surface area (Å²) in [6.07, 6.45) is -0.421. The number of hydrogen-bond donors (Lipinski definition) is 1. The molecule has 70 valence electrons. The lowest BCUT2D eigenvalue weighted by molar-refractivity contribution is 0.170. The summed E-state index contributed by atoms with van der Waals surface area (Å²) in [6.45, 7) is 0.466. The van der Waals surface area contributed by atoms with Crippen LogP contribution in [0.4, 0.5) is 4.79 Å². The zero-order chi connectivity index (χ0) is 9.68. The van der Waals surface area contributed by atoms with E-state index in [0.717, 1.165) is 10.0 Å². The van der Waals surface area contributed by atoms with Crippen molar-refractivity contribution in [1.29, 1.82) is 0 Å². The first-order chi connectivity index (χ1) is 6.24. The number of ether oxygens (including phenoxy) is 1. The molecule has 3 nitrogen and oxygen atoms in total. The number of carbonyl (C=O) groups excluding carboxylic acids is 1. The summed E-state index contributed by atoms with van der Waals surface area (Å²) in [4.78, 5) is 10.7. The summed E-state index contributed by atoms with van der Waals surface area (Å²) in [5, 5.41) is 2.60. The van der Waals surface area contributed by atoms with Crippen molar-refractivity contribution in [2.24, 2.45) is 0 Å². The summed E-state index contributed by atoms with van der Waals surface area (Å²) < 4.78 is 5.42. The average molecular weight is 244 g/mol. The molecule has 1 amide bonds. The molecule has 0 aromatic heterocycles. The molecule has 0 saturated carbocycles. The lowest BCUT2D eigenvalue weighted by Crippen LogP contribution is -2.22. The second-order valence-electron chi connectivity index (χ2n) is 2.44. The first-order valence-electron chi connectivity index (χ1n) is 3.79. The fourth-order valence-corrected chi connectivity index (χ4v) is 1.31. The van der Waals surface area contributed by atoms with Crippen molar-refractivity contribution in [3.05, 3.63) is 34.3 Å². The van der Waals surface area contributed by atoms with Crippen molar-refractivity contribution in [1.82, 2.24) is 5.32 Å². The normalized spacial score (nSPS) is 9.38. The minimum Gasteiger partial charge on any atom is -0.453 e. The molecule has 4 heteroatoms. The number of hydrogen-bond acceptors (Lipinski definition) is 2. The highest BCUT2D eigenvalue weighted by Gasteiger charge is 2.00. The van der Waals surface area contributed by atoms with Gasteiger partial charge in [-0.25, -0.2) is 4.79 Å². The molecule has 0 bridgehead atoms. The minimum atomic E-state index is -0.421. The Morgan fingerprint density at radius 1 is 1.54 bits per heavy atom. The lowest BCUT2D eigenvalue weighted by atomic mass is 10.2. The van der Waals surface area contributed by atoms with Crippen molar-refractivity contribution in [3.63, 3.8) is 0 Å². The number of halogens is 1. The summed E-state index contributed by atoms with van der Waals surface area (Å²) in [5.41, 5.74) is 1.02. The highest BCUT2D eigenvalue weighted by molar-refractivity contribution is 9.10. The zero-order valence-corrected chi connectivity index (χ0v) is 8.80. The van der Waals surface area contributed by atoms with E-state index in [9.17, 15) is 4.79 Å². The number of alkyl carbamates (subject to hydrolysis) is 1. The van der Waals surface area contributed by atoms with Crippen molar-refractivity contribution >= 4 is 22.0 Å². The van der Waals surface area contributed by atoms with E-state index in [0.29, 0.717) is 6.54 Å². The molecule has 0 heterocycles. The molecule has 0 unspecified atom stereocenters. The van der Waals surface area contributed by atoms with Crippen molar-refractivity contribution in [2.75, 3.05) is 7.11 Å². The molecule has 0 spiro atoms. The van der Waals surface area contributed by atoms with E-state index in [1.165, 1.54) is 7.11 Å². The first kappa shape index (κ1) is 10.1. The maximum atomic E-state index is 10.7. The van der Waals surface area contributed by atoms with Crippen molar-refractivity contribution < 1.29 is 9.53 Å². The number of carbonyl (C=O) groups is 1. The first-order valence-corrected chi connectivity index (χ1v) is 4.58. The number of methoxy groups -OCH3 is 1. The third kappa shape index (κ3) is 3.06. The second kappa shape index (κ2) is 4.87. The van der Waals surface area contributed by atoms with Crippen LogP contribution in [-0.2, 0) is 11.3 Å². The SMILES string of the molecule is COC(=O)NCc1ccccc1Br. The van der Waals surface area contributed by atoms with Crippen LogP contribution in [0.25, 0.3) is 0 Å². The van der Waals surface area contributed by atoms with Gasteiger partial charge in [-0.1, -0.05) is 34.1 Å². The molecule has 1 aromatic rings. The van der Waals surface area contributed by atoms with Crippen LogP contribution in [0.1, 0.15) is 5.56 Å². The minimum absolute atomic E-state index is 0.421. The molecule has 0 saturated heterocycles. The Labute approximate surface area is 85.2 Å². The van der Waals surface area contributed by atoms with Crippen LogP contribution in [0.15, 0.2) is 28.7 Å². The maximum absolute atomic E-state index is 10.7. The molecule has 1 rings (SSSR count).